The summed E-state index contributed by atoms with van der Waals surface area (Å²) in [4.78, 5) is 24.6. The van der Waals surface area contributed by atoms with Crippen molar-refractivity contribution in [3.8, 4) is 0 Å². The molecule has 73 heavy (non-hydrogen) atoms. The fourth-order valence-corrected chi connectivity index (χ4v) is 10.4. The zero-order chi connectivity index (χ0) is 52.9. The first-order chi connectivity index (χ1) is 36.0. The maximum atomic E-state index is 12.5. The average Bonchev–Trinajstić information content (AvgIpc) is 3.39. The Morgan fingerprint density at radius 3 is 0.973 bits per heavy atom. The van der Waals surface area contributed by atoms with Gasteiger partial charge in [-0.05, 0) is 77.0 Å². The molecular formula is C67H129NO5. The molecule has 0 radical (unpaired) electrons. The van der Waals surface area contributed by atoms with Crippen LogP contribution in [0.15, 0.2) is 24.3 Å². The number of unbranched alkanes of at least 4 members (excludes halogenated alkanes) is 47. The summed E-state index contributed by atoms with van der Waals surface area (Å²) < 4.78 is 5.47. The number of hydrogen-bond acceptors (Lipinski definition) is 5. The summed E-state index contributed by atoms with van der Waals surface area (Å²) in [5.74, 6) is -0.0525. The molecule has 0 aromatic rings. The number of amides is 1. The highest BCUT2D eigenvalue weighted by Crippen LogP contribution is 2.18. The number of hydrogen-bond donors (Lipinski definition) is 3. The highest BCUT2D eigenvalue weighted by atomic mass is 16.5. The topological polar surface area (TPSA) is 95.9 Å². The third-order valence-corrected chi connectivity index (χ3v) is 15.5. The first-order valence-electron chi connectivity index (χ1n) is 33.1. The molecule has 3 N–H and O–H groups in total. The van der Waals surface area contributed by atoms with Crippen LogP contribution in [-0.2, 0) is 14.3 Å². The quantitative estimate of drug-likeness (QED) is 0.0320. The summed E-state index contributed by atoms with van der Waals surface area (Å²) in [7, 11) is 0. The number of ether oxygens (including phenoxy) is 1. The number of carbonyl (C=O) groups is 2. The van der Waals surface area contributed by atoms with Gasteiger partial charge in [0.2, 0.25) is 5.91 Å². The number of aliphatic hydroxyl groups excluding tert-OH is 2. The molecule has 2 atom stereocenters. The van der Waals surface area contributed by atoms with Gasteiger partial charge in [-0.2, -0.15) is 0 Å². The third-order valence-electron chi connectivity index (χ3n) is 15.5. The smallest absolute Gasteiger partial charge is 0.305 e. The molecule has 0 rings (SSSR count). The summed E-state index contributed by atoms with van der Waals surface area (Å²) in [6.07, 6.45) is 77.7. The summed E-state index contributed by atoms with van der Waals surface area (Å²) in [6, 6.07) is -0.552. The Kier molecular flexibility index (Phi) is 61.4. The number of nitrogens with one attached hydrogen (secondary N) is 1. The molecule has 0 aromatic heterocycles. The molecule has 0 heterocycles. The van der Waals surface area contributed by atoms with Crippen LogP contribution in [0, 0.1) is 0 Å². The SMILES string of the molecule is CCCCCCC/C=C\CCCCCCCC(=O)OCCCCCCCC/C=C\CCCCCCCCCC(=O)NC(CO)C(O)CCCCCCCCCCCCCCCCCCCCCCCCCCC. The average molecular weight is 1030 g/mol. The van der Waals surface area contributed by atoms with Crippen LogP contribution in [0.5, 0.6) is 0 Å². The van der Waals surface area contributed by atoms with Gasteiger partial charge < -0.3 is 20.3 Å². The normalized spacial score (nSPS) is 12.7. The van der Waals surface area contributed by atoms with E-state index in [1.54, 1.807) is 0 Å². The van der Waals surface area contributed by atoms with Crippen molar-refractivity contribution in [1.29, 1.82) is 0 Å². The third kappa shape index (κ3) is 59.4. The number of carbonyl (C=O) groups excluding carboxylic acids is 2. The van der Waals surface area contributed by atoms with Gasteiger partial charge in [0.15, 0.2) is 0 Å². The van der Waals surface area contributed by atoms with Crippen LogP contribution < -0.4 is 5.32 Å². The van der Waals surface area contributed by atoms with Gasteiger partial charge in [-0.1, -0.05) is 301 Å². The van der Waals surface area contributed by atoms with Crippen LogP contribution in [0.4, 0.5) is 0 Å². The summed E-state index contributed by atoms with van der Waals surface area (Å²) in [5.41, 5.74) is 0. The molecule has 6 nitrogen and oxygen atoms in total. The van der Waals surface area contributed by atoms with Gasteiger partial charge in [-0.25, -0.2) is 0 Å². The molecule has 1 amide bonds. The number of rotatable bonds is 62. The molecule has 0 spiro atoms. The Hall–Kier alpha value is -1.66. The van der Waals surface area contributed by atoms with Crippen LogP contribution in [0.3, 0.4) is 0 Å². The molecule has 0 aliphatic carbocycles. The maximum absolute atomic E-state index is 12.5. The highest BCUT2D eigenvalue weighted by molar-refractivity contribution is 5.76. The van der Waals surface area contributed by atoms with Gasteiger partial charge in [-0.3, -0.25) is 9.59 Å². The van der Waals surface area contributed by atoms with Crippen molar-refractivity contribution in [1.82, 2.24) is 5.32 Å². The Bertz CT molecular complexity index is 1140. The molecule has 6 heteroatoms. The van der Waals surface area contributed by atoms with E-state index in [2.05, 4.69) is 43.5 Å². The molecule has 2 unspecified atom stereocenters. The van der Waals surface area contributed by atoms with Crippen LogP contribution in [0.1, 0.15) is 367 Å². The van der Waals surface area contributed by atoms with Crippen LogP contribution in [0.2, 0.25) is 0 Å². The van der Waals surface area contributed by atoms with E-state index in [0.717, 1.165) is 57.8 Å². The first kappa shape index (κ1) is 71.3. The number of aliphatic hydroxyl groups is 2. The minimum absolute atomic E-state index is 0.00939. The second kappa shape index (κ2) is 62.9. The second-order valence-electron chi connectivity index (χ2n) is 22.8. The Morgan fingerprint density at radius 1 is 0.370 bits per heavy atom. The number of esters is 1. The van der Waals surface area contributed by atoms with Crippen molar-refractivity contribution >= 4 is 11.9 Å². The maximum Gasteiger partial charge on any atom is 0.305 e. The monoisotopic (exact) mass is 1030 g/mol. The van der Waals surface area contributed by atoms with Gasteiger partial charge in [0.25, 0.3) is 0 Å². The Morgan fingerprint density at radius 2 is 0.644 bits per heavy atom. The van der Waals surface area contributed by atoms with Crippen molar-refractivity contribution < 1.29 is 24.5 Å². The standard InChI is InChI=1S/C67H129NO5/c1-3-5-7-9-11-13-15-17-19-20-21-22-23-24-25-26-27-29-32-35-39-43-47-51-55-59-65(70)64(63-69)68-66(71)60-56-52-48-44-40-36-33-30-28-31-34-38-42-46-50-54-58-62-73-67(72)61-57-53-49-45-41-37-18-16-14-12-10-8-6-4-2/h16,18,28,31,64-65,69-70H,3-15,17,19-27,29-30,32-63H2,1-2H3,(H,68,71)/b18-16-,31-28-. The largest absolute Gasteiger partial charge is 0.466 e. The van der Waals surface area contributed by atoms with Crippen LogP contribution in [-0.4, -0.2) is 47.4 Å². The van der Waals surface area contributed by atoms with Crippen molar-refractivity contribution in [2.75, 3.05) is 13.2 Å². The van der Waals surface area contributed by atoms with E-state index in [0.29, 0.717) is 25.9 Å². The lowest BCUT2D eigenvalue weighted by Crippen LogP contribution is -2.45. The molecule has 432 valence electrons. The lowest BCUT2D eigenvalue weighted by atomic mass is 10.0. The van der Waals surface area contributed by atoms with Crippen molar-refractivity contribution in [3.05, 3.63) is 24.3 Å². The predicted octanol–water partition coefficient (Wildman–Crippen LogP) is 21.0. The minimum atomic E-state index is -0.674. The summed E-state index contributed by atoms with van der Waals surface area (Å²) >= 11 is 0. The van der Waals surface area contributed by atoms with E-state index >= 15 is 0 Å². The zero-order valence-electron chi connectivity index (χ0n) is 49.4. The van der Waals surface area contributed by atoms with E-state index in [1.165, 1.54) is 276 Å². The van der Waals surface area contributed by atoms with Crippen molar-refractivity contribution in [3.63, 3.8) is 0 Å². The molecular weight excluding hydrogens is 899 g/mol. The fraction of sp³-hybridized carbons (Fsp3) is 0.910. The fourth-order valence-electron chi connectivity index (χ4n) is 10.4. The highest BCUT2D eigenvalue weighted by Gasteiger charge is 2.20. The van der Waals surface area contributed by atoms with Crippen LogP contribution in [0.25, 0.3) is 0 Å². The second-order valence-corrected chi connectivity index (χ2v) is 22.8. The molecule has 0 bridgehead atoms. The van der Waals surface area contributed by atoms with E-state index in [4.69, 9.17) is 4.74 Å². The first-order valence-corrected chi connectivity index (χ1v) is 33.1. The van der Waals surface area contributed by atoms with Gasteiger partial charge in [0, 0.05) is 12.8 Å². The van der Waals surface area contributed by atoms with Crippen molar-refractivity contribution in [2.24, 2.45) is 0 Å². The van der Waals surface area contributed by atoms with Gasteiger partial charge in [-0.15, -0.1) is 0 Å². The van der Waals surface area contributed by atoms with E-state index < -0.39 is 12.1 Å². The lowest BCUT2D eigenvalue weighted by Gasteiger charge is -2.22. The Balaban J connectivity index is 3.45. The molecule has 0 fully saturated rings. The minimum Gasteiger partial charge on any atom is -0.466 e. The summed E-state index contributed by atoms with van der Waals surface area (Å²) in [6.45, 7) is 4.95. The van der Waals surface area contributed by atoms with Crippen molar-refractivity contribution in [2.45, 2.75) is 379 Å². The zero-order valence-corrected chi connectivity index (χ0v) is 49.4. The van der Waals surface area contributed by atoms with Gasteiger partial charge >= 0.3 is 5.97 Å². The van der Waals surface area contributed by atoms with E-state index in [9.17, 15) is 19.8 Å². The van der Waals surface area contributed by atoms with E-state index in [1.807, 2.05) is 0 Å². The van der Waals surface area contributed by atoms with Gasteiger partial charge in [0.05, 0.1) is 25.4 Å². The predicted molar refractivity (Wildman–Crippen MR) is 320 cm³/mol. The summed E-state index contributed by atoms with van der Waals surface area (Å²) in [5, 5.41) is 23.4. The van der Waals surface area contributed by atoms with Gasteiger partial charge in [0.1, 0.15) is 0 Å². The molecule has 0 aromatic carbocycles. The lowest BCUT2D eigenvalue weighted by molar-refractivity contribution is -0.143. The molecule has 0 aliphatic heterocycles. The molecule has 0 saturated heterocycles. The Labute approximate surface area is 456 Å². The molecule has 0 saturated carbocycles. The number of allylic oxidation sites excluding steroid dienone is 4. The molecule has 0 aliphatic rings. The van der Waals surface area contributed by atoms with Crippen LogP contribution >= 0.6 is 0 Å². The van der Waals surface area contributed by atoms with E-state index in [-0.39, 0.29) is 18.5 Å².